The predicted molar refractivity (Wildman–Crippen MR) is 119 cm³/mol. The van der Waals surface area contributed by atoms with Crippen molar-refractivity contribution in [2.24, 2.45) is 7.05 Å². The zero-order chi connectivity index (χ0) is 24.6. The Morgan fingerprint density at radius 3 is 2.47 bits per heavy atom. The molecule has 2 N–H and O–H groups in total. The van der Waals surface area contributed by atoms with E-state index < -0.39 is 23.6 Å². The normalized spacial score (nSPS) is 11.4. The number of hydrogen-bond donors (Lipinski definition) is 2. The fourth-order valence-corrected chi connectivity index (χ4v) is 3.55. The number of halogens is 4. The van der Waals surface area contributed by atoms with E-state index in [0.29, 0.717) is 17.3 Å². The third-order valence-corrected chi connectivity index (χ3v) is 5.31. The Morgan fingerprint density at radius 1 is 1.09 bits per heavy atom. The molecule has 0 spiro atoms. The number of aryl methyl sites for hydroxylation is 1. The van der Waals surface area contributed by atoms with Gasteiger partial charge >= 0.3 is 12.1 Å². The SMILES string of the molecule is Cn1c(C(=O)O)cc2ccc(Oc3ccc(NC(=O)c4ccc(C(F)(F)F)cc4Cl)cn3)cc21. The Kier molecular flexibility index (Phi) is 5.92. The van der Waals surface area contributed by atoms with Crippen LogP contribution in [0.1, 0.15) is 26.4 Å². The number of nitrogens with one attached hydrogen (secondary N) is 1. The van der Waals surface area contributed by atoms with E-state index in [1.807, 2.05) is 0 Å². The molecule has 0 unspecified atom stereocenters. The summed E-state index contributed by atoms with van der Waals surface area (Å²) in [6.07, 6.45) is -3.25. The third kappa shape index (κ3) is 4.67. The monoisotopic (exact) mass is 489 g/mol. The molecule has 11 heteroatoms. The number of carboxylic acids is 1. The zero-order valence-corrected chi connectivity index (χ0v) is 18.1. The van der Waals surface area contributed by atoms with E-state index in [1.165, 1.54) is 22.9 Å². The molecule has 4 rings (SSSR count). The van der Waals surface area contributed by atoms with E-state index in [-0.39, 0.29) is 27.8 Å². The van der Waals surface area contributed by atoms with Gasteiger partial charge in [-0.15, -0.1) is 0 Å². The van der Waals surface area contributed by atoms with E-state index in [1.54, 1.807) is 31.3 Å². The molecule has 0 aliphatic rings. The van der Waals surface area contributed by atoms with E-state index in [4.69, 9.17) is 16.3 Å². The molecule has 0 saturated heterocycles. The molecule has 1 amide bonds. The number of alkyl halides is 3. The van der Waals surface area contributed by atoms with Gasteiger partial charge in [-0.25, -0.2) is 9.78 Å². The molecular formula is C23H15ClF3N3O4. The van der Waals surface area contributed by atoms with Crippen molar-refractivity contribution < 1.29 is 32.6 Å². The standard InChI is InChI=1S/C23H15ClF3N3O4/c1-30-18-10-15(5-2-12(18)8-19(30)22(32)33)34-20-7-4-14(11-28-20)29-21(31)16-6-3-13(9-17(16)24)23(25,26)27/h2-11H,1H3,(H,29,31)(H,32,33). The Morgan fingerprint density at radius 2 is 1.85 bits per heavy atom. The van der Waals surface area contributed by atoms with Crippen LogP contribution in [0.25, 0.3) is 10.9 Å². The topological polar surface area (TPSA) is 93.5 Å². The quantitative estimate of drug-likeness (QED) is 0.359. The van der Waals surface area contributed by atoms with Gasteiger partial charge in [0.15, 0.2) is 0 Å². The number of anilines is 1. The number of fused-ring (bicyclic) bond motifs is 1. The molecule has 7 nitrogen and oxygen atoms in total. The number of carbonyl (C=O) groups is 2. The molecular weight excluding hydrogens is 475 g/mol. The van der Waals surface area contributed by atoms with E-state index in [2.05, 4.69) is 10.3 Å². The first-order chi connectivity index (χ1) is 16.0. The Hall–Kier alpha value is -4.05. The van der Waals surface area contributed by atoms with E-state index >= 15 is 0 Å². The van der Waals surface area contributed by atoms with Gasteiger partial charge in [-0.3, -0.25) is 4.79 Å². The third-order valence-electron chi connectivity index (χ3n) is 4.99. The fraction of sp³-hybridized carbons (Fsp3) is 0.0870. The van der Waals surface area contributed by atoms with Crippen LogP contribution >= 0.6 is 11.6 Å². The van der Waals surface area contributed by atoms with Gasteiger partial charge in [0.05, 0.1) is 33.6 Å². The number of aromatic nitrogens is 2. The van der Waals surface area contributed by atoms with Crippen molar-refractivity contribution in [1.29, 1.82) is 0 Å². The molecule has 0 aliphatic carbocycles. The molecule has 174 valence electrons. The molecule has 0 radical (unpaired) electrons. The maximum absolute atomic E-state index is 12.8. The molecule has 0 bridgehead atoms. The van der Waals surface area contributed by atoms with Crippen LogP contribution in [0, 0.1) is 0 Å². The largest absolute Gasteiger partial charge is 0.477 e. The number of rotatable bonds is 5. The Balaban J connectivity index is 1.47. The molecule has 0 saturated carbocycles. The lowest BCUT2D eigenvalue weighted by Crippen LogP contribution is -2.14. The van der Waals surface area contributed by atoms with Crippen molar-refractivity contribution in [3.8, 4) is 11.6 Å². The van der Waals surface area contributed by atoms with Gasteiger partial charge in [0.1, 0.15) is 11.4 Å². The number of nitrogens with zero attached hydrogens (tertiary/aromatic N) is 2. The van der Waals surface area contributed by atoms with Gasteiger partial charge in [-0.2, -0.15) is 13.2 Å². The second-order valence-corrected chi connectivity index (χ2v) is 7.66. The summed E-state index contributed by atoms with van der Waals surface area (Å²) in [6, 6.07) is 12.1. The molecule has 0 atom stereocenters. The summed E-state index contributed by atoms with van der Waals surface area (Å²) in [6.45, 7) is 0. The van der Waals surface area contributed by atoms with Crippen molar-refractivity contribution in [1.82, 2.24) is 9.55 Å². The number of aromatic carboxylic acids is 1. The van der Waals surface area contributed by atoms with Crippen molar-refractivity contribution in [2.75, 3.05) is 5.32 Å². The highest BCUT2D eigenvalue weighted by molar-refractivity contribution is 6.34. The van der Waals surface area contributed by atoms with Gasteiger partial charge in [0, 0.05) is 24.6 Å². The minimum absolute atomic E-state index is 0.119. The lowest BCUT2D eigenvalue weighted by Gasteiger charge is -2.11. The van der Waals surface area contributed by atoms with Crippen molar-refractivity contribution in [3.63, 3.8) is 0 Å². The maximum atomic E-state index is 12.8. The number of hydrogen-bond acceptors (Lipinski definition) is 4. The molecule has 0 aliphatic heterocycles. The first-order valence-corrected chi connectivity index (χ1v) is 10.1. The summed E-state index contributed by atoms with van der Waals surface area (Å²) in [5.74, 6) is -1.11. The second-order valence-electron chi connectivity index (χ2n) is 7.25. The molecule has 34 heavy (non-hydrogen) atoms. The van der Waals surface area contributed by atoms with Gasteiger partial charge in [-0.1, -0.05) is 11.6 Å². The lowest BCUT2D eigenvalue weighted by atomic mass is 10.1. The van der Waals surface area contributed by atoms with Crippen molar-refractivity contribution in [3.05, 3.63) is 82.6 Å². The predicted octanol–water partition coefficient (Wildman–Crippen LogP) is 5.99. The average Bonchev–Trinajstić information content (AvgIpc) is 3.10. The van der Waals surface area contributed by atoms with Gasteiger partial charge in [0.25, 0.3) is 5.91 Å². The van der Waals surface area contributed by atoms with Gasteiger partial charge in [0.2, 0.25) is 5.88 Å². The molecule has 2 aromatic heterocycles. The molecule has 2 aromatic carbocycles. The molecule has 2 heterocycles. The first-order valence-electron chi connectivity index (χ1n) is 9.68. The first kappa shape index (κ1) is 23.1. The lowest BCUT2D eigenvalue weighted by molar-refractivity contribution is -0.137. The minimum Gasteiger partial charge on any atom is -0.477 e. The number of benzene rings is 2. The Bertz CT molecular complexity index is 1420. The zero-order valence-electron chi connectivity index (χ0n) is 17.4. The van der Waals surface area contributed by atoms with Crippen LogP contribution in [0.3, 0.4) is 0 Å². The van der Waals surface area contributed by atoms with E-state index in [9.17, 15) is 27.9 Å². The number of ether oxygens (including phenoxy) is 1. The van der Waals surface area contributed by atoms with Gasteiger partial charge in [-0.05, 0) is 42.5 Å². The fourth-order valence-electron chi connectivity index (χ4n) is 3.29. The summed E-state index contributed by atoms with van der Waals surface area (Å²) in [4.78, 5) is 27.8. The number of carbonyl (C=O) groups excluding carboxylic acids is 1. The highest BCUT2D eigenvalue weighted by atomic mass is 35.5. The summed E-state index contributed by atoms with van der Waals surface area (Å²) in [5, 5.41) is 12.2. The van der Waals surface area contributed by atoms with Crippen LogP contribution in [0.2, 0.25) is 5.02 Å². The second kappa shape index (κ2) is 8.71. The van der Waals surface area contributed by atoms with Crippen LogP contribution in [-0.4, -0.2) is 26.5 Å². The number of pyridine rings is 1. The molecule has 0 fully saturated rings. The van der Waals surface area contributed by atoms with Crippen LogP contribution < -0.4 is 10.1 Å². The summed E-state index contributed by atoms with van der Waals surface area (Å²) >= 11 is 5.85. The maximum Gasteiger partial charge on any atom is 0.416 e. The Labute approximate surface area is 195 Å². The molecule has 4 aromatic rings. The van der Waals surface area contributed by atoms with Crippen molar-refractivity contribution in [2.45, 2.75) is 6.18 Å². The summed E-state index contributed by atoms with van der Waals surface area (Å²) in [7, 11) is 1.63. The van der Waals surface area contributed by atoms with Crippen LogP contribution in [-0.2, 0) is 13.2 Å². The van der Waals surface area contributed by atoms with Crippen LogP contribution in [0.4, 0.5) is 18.9 Å². The summed E-state index contributed by atoms with van der Waals surface area (Å²) in [5.41, 5.74) is -0.000417. The number of amides is 1. The van der Waals surface area contributed by atoms with Crippen molar-refractivity contribution >= 4 is 40.1 Å². The number of carboxylic acid groups (broad SMARTS) is 1. The van der Waals surface area contributed by atoms with E-state index in [0.717, 1.165) is 17.5 Å². The average molecular weight is 490 g/mol. The van der Waals surface area contributed by atoms with Crippen LogP contribution in [0.15, 0.2) is 60.8 Å². The minimum atomic E-state index is -4.57. The highest BCUT2D eigenvalue weighted by Crippen LogP contribution is 2.32. The smallest absolute Gasteiger partial charge is 0.416 e. The summed E-state index contributed by atoms with van der Waals surface area (Å²) < 4.78 is 45.5. The van der Waals surface area contributed by atoms with Gasteiger partial charge < -0.3 is 19.7 Å². The van der Waals surface area contributed by atoms with Crippen LogP contribution in [0.5, 0.6) is 11.6 Å². The highest BCUT2D eigenvalue weighted by Gasteiger charge is 2.31.